The van der Waals surface area contributed by atoms with E-state index < -0.39 is 53.6 Å². The van der Waals surface area contributed by atoms with Crippen molar-refractivity contribution in [2.75, 3.05) is 11.9 Å². The van der Waals surface area contributed by atoms with Gasteiger partial charge in [-0.1, -0.05) is 11.6 Å². The smallest absolute Gasteiger partial charge is 0.261 e. The summed E-state index contributed by atoms with van der Waals surface area (Å²) in [6, 6.07) is 6.05. The molecule has 11 heteroatoms. The molecule has 7 nitrogen and oxygen atoms in total. The van der Waals surface area contributed by atoms with Gasteiger partial charge in [-0.25, -0.2) is 18.2 Å². The highest BCUT2D eigenvalue weighted by Gasteiger charge is 2.16. The number of aromatic nitrogens is 2. The first-order chi connectivity index (χ1) is 13.8. The van der Waals surface area contributed by atoms with Crippen LogP contribution in [-0.2, 0) is 16.1 Å². The van der Waals surface area contributed by atoms with Gasteiger partial charge in [-0.05, 0) is 30.3 Å². The van der Waals surface area contributed by atoms with E-state index in [4.69, 9.17) is 11.6 Å². The maximum Gasteiger partial charge on any atom is 0.261 e. The van der Waals surface area contributed by atoms with E-state index in [2.05, 4.69) is 10.3 Å². The Labute approximate surface area is 166 Å². The number of hydrogen-bond acceptors (Lipinski definition) is 4. The standard InChI is InChI=1S/C18H12ClF3N4O3/c19-9-1-3-12-10(5-9)18(29)26(8-24-12)7-15(28)23-6-14(27)25-13-4-2-11(20)16(21)17(13)22/h1-5,8H,6-7H2,(H,23,28)(H,25,27). The minimum absolute atomic E-state index is 0.222. The van der Waals surface area contributed by atoms with Gasteiger partial charge >= 0.3 is 0 Å². The second-order valence-electron chi connectivity index (χ2n) is 5.89. The van der Waals surface area contributed by atoms with Crippen molar-refractivity contribution in [3.63, 3.8) is 0 Å². The van der Waals surface area contributed by atoms with E-state index in [0.717, 1.165) is 10.6 Å². The van der Waals surface area contributed by atoms with Crippen LogP contribution in [-0.4, -0.2) is 27.9 Å². The molecule has 2 N–H and O–H groups in total. The van der Waals surface area contributed by atoms with Gasteiger partial charge in [-0.2, -0.15) is 0 Å². The number of halogens is 4. The first kappa shape index (κ1) is 20.3. The van der Waals surface area contributed by atoms with Crippen molar-refractivity contribution in [2.45, 2.75) is 6.54 Å². The van der Waals surface area contributed by atoms with Gasteiger partial charge in [0.2, 0.25) is 11.8 Å². The monoisotopic (exact) mass is 424 g/mol. The van der Waals surface area contributed by atoms with Gasteiger partial charge in [0.05, 0.1) is 29.5 Å². The Balaban J connectivity index is 1.62. The summed E-state index contributed by atoms with van der Waals surface area (Å²) >= 11 is 5.86. The molecule has 3 aromatic rings. The van der Waals surface area contributed by atoms with Crippen LogP contribution in [0.1, 0.15) is 0 Å². The van der Waals surface area contributed by atoms with Crippen molar-refractivity contribution in [1.82, 2.24) is 14.9 Å². The molecule has 0 radical (unpaired) electrons. The number of hydrogen-bond donors (Lipinski definition) is 2. The molecule has 1 aromatic heterocycles. The van der Waals surface area contributed by atoms with Gasteiger partial charge in [0.15, 0.2) is 17.5 Å². The Kier molecular flexibility index (Phi) is 5.83. The van der Waals surface area contributed by atoms with Crippen molar-refractivity contribution in [2.24, 2.45) is 0 Å². The number of nitrogens with zero attached hydrogens (tertiary/aromatic N) is 2. The number of amides is 2. The fraction of sp³-hybridized carbons (Fsp3) is 0.111. The molecule has 0 bridgehead atoms. The van der Waals surface area contributed by atoms with Crippen molar-refractivity contribution < 1.29 is 22.8 Å². The summed E-state index contributed by atoms with van der Waals surface area (Å²) in [5.41, 5.74) is -0.667. The fourth-order valence-corrected chi connectivity index (χ4v) is 2.62. The third-order valence-corrected chi connectivity index (χ3v) is 4.09. The molecule has 0 spiro atoms. The lowest BCUT2D eigenvalue weighted by atomic mass is 10.2. The van der Waals surface area contributed by atoms with Crippen LogP contribution in [0.4, 0.5) is 18.9 Å². The third-order valence-electron chi connectivity index (χ3n) is 3.86. The van der Waals surface area contributed by atoms with E-state index in [1.807, 2.05) is 5.32 Å². The maximum atomic E-state index is 13.5. The van der Waals surface area contributed by atoms with E-state index in [9.17, 15) is 27.6 Å². The lowest BCUT2D eigenvalue weighted by Crippen LogP contribution is -2.37. The number of nitrogens with one attached hydrogen (secondary N) is 2. The molecule has 0 saturated heterocycles. The summed E-state index contributed by atoms with van der Waals surface area (Å²) in [5.74, 6) is -6.26. The quantitative estimate of drug-likeness (QED) is 0.614. The van der Waals surface area contributed by atoms with Crippen LogP contribution >= 0.6 is 11.6 Å². The summed E-state index contributed by atoms with van der Waals surface area (Å²) in [4.78, 5) is 40.2. The van der Waals surface area contributed by atoms with E-state index in [1.54, 1.807) is 12.1 Å². The summed E-state index contributed by atoms with van der Waals surface area (Å²) in [6.07, 6.45) is 1.18. The minimum atomic E-state index is -1.73. The second kappa shape index (κ2) is 8.31. The first-order valence-electron chi connectivity index (χ1n) is 8.11. The summed E-state index contributed by atoms with van der Waals surface area (Å²) < 4.78 is 40.6. The van der Waals surface area contributed by atoms with Crippen LogP contribution in [0.3, 0.4) is 0 Å². The van der Waals surface area contributed by atoms with E-state index in [-0.39, 0.29) is 5.39 Å². The zero-order valence-electron chi connectivity index (χ0n) is 14.5. The van der Waals surface area contributed by atoms with Gasteiger partial charge in [0.1, 0.15) is 6.54 Å². The Morgan fingerprint density at radius 1 is 1.07 bits per heavy atom. The molecule has 29 heavy (non-hydrogen) atoms. The van der Waals surface area contributed by atoms with Gasteiger partial charge in [0, 0.05) is 5.02 Å². The van der Waals surface area contributed by atoms with Crippen LogP contribution in [0.15, 0.2) is 41.5 Å². The number of fused-ring (bicyclic) bond motifs is 1. The van der Waals surface area contributed by atoms with Crippen molar-refractivity contribution in [3.8, 4) is 0 Å². The minimum Gasteiger partial charge on any atom is -0.345 e. The van der Waals surface area contributed by atoms with Crippen LogP contribution in [0.5, 0.6) is 0 Å². The van der Waals surface area contributed by atoms with Crippen molar-refractivity contribution >= 4 is 40.0 Å². The predicted octanol–water partition coefficient (Wildman–Crippen LogP) is 2.22. The predicted molar refractivity (Wildman–Crippen MR) is 99.0 cm³/mol. The van der Waals surface area contributed by atoms with Crippen LogP contribution in [0.25, 0.3) is 10.9 Å². The van der Waals surface area contributed by atoms with Crippen molar-refractivity contribution in [1.29, 1.82) is 0 Å². The highest BCUT2D eigenvalue weighted by molar-refractivity contribution is 6.31. The normalized spacial score (nSPS) is 10.8. The van der Waals surface area contributed by atoms with Gasteiger partial charge < -0.3 is 10.6 Å². The van der Waals surface area contributed by atoms with Gasteiger partial charge in [-0.15, -0.1) is 0 Å². The summed E-state index contributed by atoms with van der Waals surface area (Å²) in [5, 5.41) is 4.79. The highest BCUT2D eigenvalue weighted by Crippen LogP contribution is 2.19. The second-order valence-corrected chi connectivity index (χ2v) is 6.32. The molecule has 0 fully saturated rings. The molecule has 0 unspecified atom stereocenters. The summed E-state index contributed by atoms with van der Waals surface area (Å²) in [6.45, 7) is -1.01. The molecule has 1 heterocycles. The molecule has 0 aliphatic heterocycles. The molecule has 0 aliphatic rings. The molecular weight excluding hydrogens is 413 g/mol. The van der Waals surface area contributed by atoms with Crippen LogP contribution in [0.2, 0.25) is 5.02 Å². The van der Waals surface area contributed by atoms with E-state index in [0.29, 0.717) is 16.6 Å². The fourth-order valence-electron chi connectivity index (χ4n) is 2.45. The molecule has 2 aromatic carbocycles. The molecule has 3 rings (SSSR count). The lowest BCUT2D eigenvalue weighted by molar-refractivity contribution is -0.124. The van der Waals surface area contributed by atoms with Crippen LogP contribution < -0.4 is 16.2 Å². The van der Waals surface area contributed by atoms with E-state index >= 15 is 0 Å². The summed E-state index contributed by atoms with van der Waals surface area (Å²) in [7, 11) is 0. The number of carbonyl (C=O) groups is 2. The molecule has 0 atom stereocenters. The number of rotatable bonds is 5. The maximum absolute atomic E-state index is 13.5. The topological polar surface area (TPSA) is 93.1 Å². The average molecular weight is 425 g/mol. The van der Waals surface area contributed by atoms with Crippen molar-refractivity contribution in [3.05, 3.63) is 69.5 Å². The third kappa shape index (κ3) is 4.54. The highest BCUT2D eigenvalue weighted by atomic mass is 35.5. The Bertz CT molecular complexity index is 1180. The Hall–Kier alpha value is -3.40. The molecule has 0 aliphatic carbocycles. The number of anilines is 1. The largest absolute Gasteiger partial charge is 0.345 e. The molecule has 150 valence electrons. The van der Waals surface area contributed by atoms with E-state index in [1.165, 1.54) is 12.4 Å². The SMILES string of the molecule is O=C(Cn1cnc2ccc(Cl)cc2c1=O)NCC(=O)Nc1ccc(F)c(F)c1F. The molecular formula is C18H12ClF3N4O3. The van der Waals surface area contributed by atoms with Gasteiger partial charge in [-0.3, -0.25) is 19.0 Å². The first-order valence-corrected chi connectivity index (χ1v) is 8.49. The number of carbonyl (C=O) groups excluding carboxylic acids is 2. The molecule has 2 amide bonds. The Morgan fingerprint density at radius 3 is 2.59 bits per heavy atom. The molecule has 0 saturated carbocycles. The Morgan fingerprint density at radius 2 is 1.83 bits per heavy atom. The number of benzene rings is 2. The van der Waals surface area contributed by atoms with Crippen LogP contribution in [0, 0.1) is 17.5 Å². The van der Waals surface area contributed by atoms with Gasteiger partial charge in [0.25, 0.3) is 5.56 Å². The average Bonchev–Trinajstić information content (AvgIpc) is 2.69. The zero-order valence-corrected chi connectivity index (χ0v) is 15.3. The lowest BCUT2D eigenvalue weighted by Gasteiger charge is -2.09. The zero-order chi connectivity index (χ0) is 21.1.